The molecule has 4 aromatic rings. The van der Waals surface area contributed by atoms with E-state index in [0.717, 1.165) is 45.3 Å². The Labute approximate surface area is 208 Å². The zero-order chi connectivity index (χ0) is 25.3. The molecule has 0 bridgehead atoms. The van der Waals surface area contributed by atoms with Gasteiger partial charge >= 0.3 is 0 Å². The van der Waals surface area contributed by atoms with Crippen molar-refractivity contribution in [2.45, 2.75) is 48.0 Å². The second-order valence-corrected chi connectivity index (χ2v) is 9.41. The number of hydrogen-bond acceptors (Lipinski definition) is 4. The van der Waals surface area contributed by atoms with Gasteiger partial charge in [0.25, 0.3) is 0 Å². The number of nitrogens with two attached hydrogens (primary N) is 2. The lowest BCUT2D eigenvalue weighted by atomic mass is 9.89. The average molecular weight is 467 g/mol. The maximum atomic E-state index is 6.46. The molecule has 0 atom stereocenters. The third kappa shape index (κ3) is 5.12. The largest absolute Gasteiger partial charge is 0.457 e. The summed E-state index contributed by atoms with van der Waals surface area (Å²) in [6.07, 6.45) is 0.692. The molecule has 0 fully saturated rings. The Kier molecular flexibility index (Phi) is 6.74. The van der Waals surface area contributed by atoms with Gasteiger partial charge in [0, 0.05) is 28.9 Å². The van der Waals surface area contributed by atoms with Crippen molar-refractivity contribution in [1.29, 1.82) is 0 Å². The second kappa shape index (κ2) is 9.75. The zero-order valence-corrected chi connectivity index (χ0v) is 21.5. The smallest absolute Gasteiger partial charge is 0.134 e. The van der Waals surface area contributed by atoms with E-state index in [1.165, 1.54) is 22.3 Å². The highest BCUT2D eigenvalue weighted by molar-refractivity contribution is 5.58. The Balaban J connectivity index is 1.83. The van der Waals surface area contributed by atoms with Gasteiger partial charge in [0.2, 0.25) is 0 Å². The molecule has 4 rings (SSSR count). The minimum Gasteiger partial charge on any atom is -0.457 e. The first-order valence-corrected chi connectivity index (χ1v) is 11.9. The first kappa shape index (κ1) is 24.2. The van der Waals surface area contributed by atoms with Crippen molar-refractivity contribution in [1.82, 2.24) is 0 Å². The van der Waals surface area contributed by atoms with Crippen molar-refractivity contribution in [2.24, 2.45) is 0 Å². The van der Waals surface area contributed by atoms with Crippen LogP contribution in [0.4, 0.5) is 11.4 Å². The molecule has 35 heavy (non-hydrogen) atoms. The average Bonchev–Trinajstić information content (AvgIpc) is 2.82. The van der Waals surface area contributed by atoms with Gasteiger partial charge in [-0.05, 0) is 123 Å². The van der Waals surface area contributed by atoms with Crippen molar-refractivity contribution in [3.63, 3.8) is 0 Å². The molecule has 0 saturated heterocycles. The molecule has 4 aromatic carbocycles. The molecule has 0 aromatic heterocycles. The van der Waals surface area contributed by atoms with Crippen LogP contribution in [-0.2, 0) is 6.42 Å². The molecule has 0 aliphatic heterocycles. The van der Waals surface area contributed by atoms with E-state index in [9.17, 15) is 0 Å². The van der Waals surface area contributed by atoms with Gasteiger partial charge in [-0.25, -0.2) is 0 Å². The normalized spacial score (nSPS) is 10.9. The molecule has 180 valence electrons. The molecular formula is C31H34N2O2. The second-order valence-electron chi connectivity index (χ2n) is 9.41. The van der Waals surface area contributed by atoms with Gasteiger partial charge in [-0.3, -0.25) is 0 Å². The quantitative estimate of drug-likeness (QED) is 0.284. The standard InChI is InChI=1S/C31H34N2O2/c1-18-15-20(3)30(34-26-11-7-24(32)8-12-26)28(22(18)5)17-29-23(6)19(2)16-21(4)31(29)35-27-13-9-25(33)10-14-27/h7-16H,17,32-33H2,1-6H3. The number of aryl methyl sites for hydroxylation is 4. The van der Waals surface area contributed by atoms with Crippen LogP contribution in [0.25, 0.3) is 0 Å². The van der Waals surface area contributed by atoms with E-state index in [0.29, 0.717) is 17.8 Å². The predicted molar refractivity (Wildman–Crippen MR) is 146 cm³/mol. The molecule has 0 unspecified atom stereocenters. The van der Waals surface area contributed by atoms with E-state index in [1.807, 2.05) is 48.5 Å². The summed E-state index contributed by atoms with van der Waals surface area (Å²) in [6, 6.07) is 19.4. The van der Waals surface area contributed by atoms with Crippen LogP contribution in [-0.4, -0.2) is 0 Å². The van der Waals surface area contributed by atoms with Gasteiger partial charge in [0.05, 0.1) is 0 Å². The van der Waals surface area contributed by atoms with E-state index >= 15 is 0 Å². The highest BCUT2D eigenvalue weighted by atomic mass is 16.5. The van der Waals surface area contributed by atoms with Gasteiger partial charge in [0.15, 0.2) is 0 Å². The number of anilines is 2. The lowest BCUT2D eigenvalue weighted by molar-refractivity contribution is 0.466. The van der Waals surface area contributed by atoms with E-state index < -0.39 is 0 Å². The Hall–Kier alpha value is -3.92. The minimum atomic E-state index is 0.692. The van der Waals surface area contributed by atoms with E-state index in [1.54, 1.807) is 0 Å². The van der Waals surface area contributed by atoms with Crippen molar-refractivity contribution < 1.29 is 9.47 Å². The number of ether oxygens (including phenoxy) is 2. The van der Waals surface area contributed by atoms with Crippen LogP contribution in [0.2, 0.25) is 0 Å². The first-order valence-electron chi connectivity index (χ1n) is 11.9. The maximum Gasteiger partial charge on any atom is 0.134 e. The third-order valence-electron chi connectivity index (χ3n) is 6.77. The monoisotopic (exact) mass is 466 g/mol. The van der Waals surface area contributed by atoms with Crippen molar-refractivity contribution >= 4 is 11.4 Å². The van der Waals surface area contributed by atoms with Crippen LogP contribution in [0.5, 0.6) is 23.0 Å². The van der Waals surface area contributed by atoms with Gasteiger partial charge < -0.3 is 20.9 Å². The van der Waals surface area contributed by atoms with Crippen LogP contribution in [0, 0.1) is 41.5 Å². The fourth-order valence-electron chi connectivity index (χ4n) is 4.48. The highest BCUT2D eigenvalue weighted by Crippen LogP contribution is 2.40. The summed E-state index contributed by atoms with van der Waals surface area (Å²) in [5, 5.41) is 0. The van der Waals surface area contributed by atoms with E-state index in [2.05, 4.69) is 53.7 Å². The van der Waals surface area contributed by atoms with E-state index in [4.69, 9.17) is 20.9 Å². The van der Waals surface area contributed by atoms with Crippen LogP contribution >= 0.6 is 0 Å². The SMILES string of the molecule is Cc1cc(C)c(Oc2ccc(N)cc2)c(Cc2c(C)c(C)cc(C)c2Oc2ccc(N)cc2)c1C. The lowest BCUT2D eigenvalue weighted by Crippen LogP contribution is -2.06. The first-order chi connectivity index (χ1) is 16.6. The molecule has 0 amide bonds. The zero-order valence-electron chi connectivity index (χ0n) is 21.5. The molecule has 4 nitrogen and oxygen atoms in total. The Morgan fingerprint density at radius 3 is 1.20 bits per heavy atom. The molecule has 0 radical (unpaired) electrons. The van der Waals surface area contributed by atoms with Gasteiger partial charge in [-0.1, -0.05) is 12.1 Å². The minimum absolute atomic E-state index is 0.692. The Bertz CT molecular complexity index is 1260. The molecule has 4 N–H and O–H groups in total. The summed E-state index contributed by atoms with van der Waals surface area (Å²) < 4.78 is 12.9. The molecule has 0 spiro atoms. The van der Waals surface area contributed by atoms with Crippen LogP contribution in [0.1, 0.15) is 44.5 Å². The molecular weight excluding hydrogens is 432 g/mol. The van der Waals surface area contributed by atoms with Gasteiger partial charge in [-0.15, -0.1) is 0 Å². The summed E-state index contributed by atoms with van der Waals surface area (Å²) >= 11 is 0. The highest BCUT2D eigenvalue weighted by Gasteiger charge is 2.20. The fourth-order valence-corrected chi connectivity index (χ4v) is 4.48. The van der Waals surface area contributed by atoms with Crippen LogP contribution in [0.3, 0.4) is 0 Å². The Morgan fingerprint density at radius 1 is 0.514 bits per heavy atom. The predicted octanol–water partition coefficient (Wildman–Crippen LogP) is 7.88. The van der Waals surface area contributed by atoms with Crippen molar-refractivity contribution in [2.75, 3.05) is 11.5 Å². The summed E-state index contributed by atoms with van der Waals surface area (Å²) in [7, 11) is 0. The number of nitrogen functional groups attached to an aromatic ring is 2. The fraction of sp³-hybridized carbons (Fsp3) is 0.226. The molecule has 0 heterocycles. The molecule has 4 heteroatoms. The van der Waals surface area contributed by atoms with Crippen LogP contribution in [0.15, 0.2) is 60.7 Å². The number of hydrogen-bond donors (Lipinski definition) is 2. The van der Waals surface area contributed by atoms with E-state index in [-0.39, 0.29) is 0 Å². The number of benzene rings is 4. The maximum absolute atomic E-state index is 6.46. The number of rotatable bonds is 6. The van der Waals surface area contributed by atoms with Crippen molar-refractivity contribution in [3.8, 4) is 23.0 Å². The summed E-state index contributed by atoms with van der Waals surface area (Å²) in [4.78, 5) is 0. The summed E-state index contributed by atoms with van der Waals surface area (Å²) in [5.41, 5.74) is 22.6. The Morgan fingerprint density at radius 2 is 0.857 bits per heavy atom. The van der Waals surface area contributed by atoms with Gasteiger partial charge in [-0.2, -0.15) is 0 Å². The third-order valence-corrected chi connectivity index (χ3v) is 6.77. The van der Waals surface area contributed by atoms with Crippen LogP contribution < -0.4 is 20.9 Å². The van der Waals surface area contributed by atoms with Gasteiger partial charge in [0.1, 0.15) is 23.0 Å². The topological polar surface area (TPSA) is 70.5 Å². The lowest BCUT2D eigenvalue weighted by Gasteiger charge is -2.22. The molecule has 0 saturated carbocycles. The summed E-state index contributed by atoms with van der Waals surface area (Å²) in [5.74, 6) is 3.30. The van der Waals surface area contributed by atoms with Crippen molar-refractivity contribution in [3.05, 3.63) is 105 Å². The summed E-state index contributed by atoms with van der Waals surface area (Å²) in [6.45, 7) is 12.8. The molecule has 0 aliphatic rings. The molecule has 0 aliphatic carbocycles.